The van der Waals surface area contributed by atoms with Gasteiger partial charge in [-0.2, -0.15) is 0 Å². The number of carbonyl (C=O) groups excluding carboxylic acids is 2. The molecular weight excluding hydrogens is 368 g/mol. The molecule has 7 heteroatoms. The van der Waals surface area contributed by atoms with Crippen LogP contribution in [-0.4, -0.2) is 41.1 Å². The Morgan fingerprint density at radius 2 is 1.79 bits per heavy atom. The molecular formula is C22H26N4O3. The highest BCUT2D eigenvalue weighted by Crippen LogP contribution is 2.16. The van der Waals surface area contributed by atoms with Gasteiger partial charge in [-0.15, -0.1) is 0 Å². The van der Waals surface area contributed by atoms with Crippen LogP contribution in [0.3, 0.4) is 0 Å². The van der Waals surface area contributed by atoms with Crippen LogP contribution in [0.2, 0.25) is 0 Å². The van der Waals surface area contributed by atoms with E-state index < -0.39 is 0 Å². The molecule has 0 fully saturated rings. The first-order valence-corrected chi connectivity index (χ1v) is 9.81. The largest absolute Gasteiger partial charge is 0.382 e. The van der Waals surface area contributed by atoms with Crippen molar-refractivity contribution in [1.82, 2.24) is 20.2 Å². The van der Waals surface area contributed by atoms with Crippen LogP contribution in [0, 0.1) is 0 Å². The molecule has 0 saturated heterocycles. The number of para-hydroxylation sites is 2. The molecule has 152 valence electrons. The molecule has 3 aromatic rings. The second kappa shape index (κ2) is 10.4. The van der Waals surface area contributed by atoms with Gasteiger partial charge in [0.25, 0.3) is 5.91 Å². The van der Waals surface area contributed by atoms with Gasteiger partial charge in [-0.25, -0.2) is 4.98 Å². The van der Waals surface area contributed by atoms with Gasteiger partial charge in [0.2, 0.25) is 5.91 Å². The van der Waals surface area contributed by atoms with E-state index >= 15 is 0 Å². The van der Waals surface area contributed by atoms with E-state index in [1.807, 2.05) is 54.0 Å². The maximum Gasteiger partial charge on any atom is 0.251 e. The monoisotopic (exact) mass is 394 g/mol. The molecule has 29 heavy (non-hydrogen) atoms. The molecule has 1 aromatic heterocycles. The lowest BCUT2D eigenvalue weighted by Crippen LogP contribution is -2.31. The van der Waals surface area contributed by atoms with Crippen molar-refractivity contribution in [3.63, 3.8) is 0 Å². The highest BCUT2D eigenvalue weighted by atomic mass is 16.5. The van der Waals surface area contributed by atoms with Crippen molar-refractivity contribution in [3.8, 4) is 0 Å². The standard InChI is InChI=1S/C22H26N4O3/c1-2-29-14-8-13-23-21(27)16-26-19-12-7-6-11-18(19)25-20(26)15-24-22(28)17-9-4-3-5-10-17/h3-7,9-12H,2,8,13-16H2,1H3,(H,23,27)(H,24,28). The third-order valence-corrected chi connectivity index (χ3v) is 4.47. The Hall–Kier alpha value is -3.19. The summed E-state index contributed by atoms with van der Waals surface area (Å²) in [6.45, 7) is 4.19. The van der Waals surface area contributed by atoms with Gasteiger partial charge in [0, 0.05) is 25.3 Å². The van der Waals surface area contributed by atoms with Gasteiger partial charge in [-0.05, 0) is 37.6 Å². The predicted octanol–water partition coefficient (Wildman–Crippen LogP) is 2.51. The summed E-state index contributed by atoms with van der Waals surface area (Å²) >= 11 is 0. The fourth-order valence-corrected chi connectivity index (χ4v) is 3.03. The number of carbonyl (C=O) groups is 2. The number of amides is 2. The van der Waals surface area contributed by atoms with Crippen LogP contribution < -0.4 is 10.6 Å². The van der Waals surface area contributed by atoms with E-state index in [-0.39, 0.29) is 24.9 Å². The summed E-state index contributed by atoms with van der Waals surface area (Å²) < 4.78 is 7.13. The molecule has 0 atom stereocenters. The summed E-state index contributed by atoms with van der Waals surface area (Å²) in [5.74, 6) is 0.366. The average molecular weight is 394 g/mol. The number of fused-ring (bicyclic) bond motifs is 1. The molecule has 0 aliphatic carbocycles. The first-order valence-electron chi connectivity index (χ1n) is 9.81. The van der Waals surface area contributed by atoms with Crippen molar-refractivity contribution in [2.75, 3.05) is 19.8 Å². The van der Waals surface area contributed by atoms with Crippen molar-refractivity contribution >= 4 is 22.8 Å². The zero-order valence-corrected chi connectivity index (χ0v) is 16.6. The number of imidazole rings is 1. The van der Waals surface area contributed by atoms with Crippen molar-refractivity contribution in [2.24, 2.45) is 0 Å². The molecule has 7 nitrogen and oxygen atoms in total. The fraction of sp³-hybridized carbons (Fsp3) is 0.318. The van der Waals surface area contributed by atoms with Gasteiger partial charge in [0.1, 0.15) is 12.4 Å². The Bertz CT molecular complexity index is 953. The van der Waals surface area contributed by atoms with Gasteiger partial charge in [-0.3, -0.25) is 9.59 Å². The number of nitrogens with zero attached hydrogens (tertiary/aromatic N) is 2. The van der Waals surface area contributed by atoms with Gasteiger partial charge < -0.3 is 19.9 Å². The lowest BCUT2D eigenvalue weighted by Gasteiger charge is -2.11. The van der Waals surface area contributed by atoms with Crippen LogP contribution >= 0.6 is 0 Å². The van der Waals surface area contributed by atoms with Gasteiger partial charge in [0.05, 0.1) is 17.6 Å². The summed E-state index contributed by atoms with van der Waals surface area (Å²) in [4.78, 5) is 29.4. The molecule has 0 spiro atoms. The summed E-state index contributed by atoms with van der Waals surface area (Å²) in [5, 5.41) is 5.79. The van der Waals surface area contributed by atoms with E-state index in [9.17, 15) is 9.59 Å². The molecule has 0 aliphatic heterocycles. The summed E-state index contributed by atoms with van der Waals surface area (Å²) in [6.07, 6.45) is 0.768. The zero-order valence-electron chi connectivity index (χ0n) is 16.6. The number of rotatable bonds is 10. The highest BCUT2D eigenvalue weighted by Gasteiger charge is 2.14. The Morgan fingerprint density at radius 1 is 1.03 bits per heavy atom. The van der Waals surface area contributed by atoms with Crippen LogP contribution in [0.15, 0.2) is 54.6 Å². The van der Waals surface area contributed by atoms with Gasteiger partial charge in [0.15, 0.2) is 0 Å². The Kier molecular flexibility index (Phi) is 7.35. The highest BCUT2D eigenvalue weighted by molar-refractivity contribution is 5.94. The number of nitrogens with one attached hydrogen (secondary N) is 2. The SMILES string of the molecule is CCOCCCNC(=O)Cn1c(CNC(=O)c2ccccc2)nc2ccccc21. The van der Waals surface area contributed by atoms with Crippen LogP contribution in [0.1, 0.15) is 29.5 Å². The van der Waals surface area contributed by atoms with Crippen LogP contribution in [-0.2, 0) is 22.6 Å². The second-order valence-corrected chi connectivity index (χ2v) is 6.55. The second-order valence-electron chi connectivity index (χ2n) is 6.55. The Labute approximate surface area is 170 Å². The number of aromatic nitrogens is 2. The molecule has 1 heterocycles. The van der Waals surface area contributed by atoms with E-state index in [1.165, 1.54) is 0 Å². The van der Waals surface area contributed by atoms with E-state index in [4.69, 9.17) is 4.74 Å². The van der Waals surface area contributed by atoms with Crippen LogP contribution in [0.4, 0.5) is 0 Å². The molecule has 0 bridgehead atoms. The van der Waals surface area contributed by atoms with Crippen molar-refractivity contribution in [2.45, 2.75) is 26.4 Å². The number of hydrogen-bond acceptors (Lipinski definition) is 4. The summed E-state index contributed by atoms with van der Waals surface area (Å²) in [5.41, 5.74) is 2.24. The number of hydrogen-bond donors (Lipinski definition) is 2. The van der Waals surface area contributed by atoms with Crippen LogP contribution in [0.25, 0.3) is 11.0 Å². The first-order chi connectivity index (χ1) is 14.2. The lowest BCUT2D eigenvalue weighted by molar-refractivity contribution is -0.121. The van der Waals surface area contributed by atoms with E-state index in [2.05, 4.69) is 15.6 Å². The maximum absolute atomic E-state index is 12.4. The minimum Gasteiger partial charge on any atom is -0.382 e. The molecule has 0 saturated carbocycles. The predicted molar refractivity (Wildman–Crippen MR) is 111 cm³/mol. The molecule has 0 unspecified atom stereocenters. The van der Waals surface area contributed by atoms with Gasteiger partial charge in [-0.1, -0.05) is 30.3 Å². The first kappa shape index (κ1) is 20.5. The number of ether oxygens (including phenoxy) is 1. The molecule has 2 N–H and O–H groups in total. The average Bonchev–Trinajstić information content (AvgIpc) is 3.10. The minimum absolute atomic E-state index is 0.0970. The third-order valence-electron chi connectivity index (χ3n) is 4.47. The molecule has 2 amide bonds. The molecule has 3 rings (SSSR count). The zero-order chi connectivity index (χ0) is 20.5. The summed E-state index contributed by atoms with van der Waals surface area (Å²) in [6, 6.07) is 16.7. The Morgan fingerprint density at radius 3 is 2.59 bits per heavy atom. The topological polar surface area (TPSA) is 85.2 Å². The lowest BCUT2D eigenvalue weighted by atomic mass is 10.2. The van der Waals surface area contributed by atoms with E-state index in [0.29, 0.717) is 31.1 Å². The van der Waals surface area contributed by atoms with E-state index in [1.54, 1.807) is 12.1 Å². The molecule has 0 radical (unpaired) electrons. The normalized spacial score (nSPS) is 10.8. The Balaban J connectivity index is 1.67. The third kappa shape index (κ3) is 5.65. The quantitative estimate of drug-likeness (QED) is 0.518. The maximum atomic E-state index is 12.4. The number of benzene rings is 2. The fourth-order valence-electron chi connectivity index (χ4n) is 3.03. The van der Waals surface area contributed by atoms with Crippen LogP contribution in [0.5, 0.6) is 0 Å². The van der Waals surface area contributed by atoms with E-state index in [0.717, 1.165) is 17.5 Å². The van der Waals surface area contributed by atoms with Crippen molar-refractivity contribution in [3.05, 3.63) is 66.0 Å². The summed E-state index contributed by atoms with van der Waals surface area (Å²) in [7, 11) is 0. The van der Waals surface area contributed by atoms with Crippen molar-refractivity contribution in [1.29, 1.82) is 0 Å². The molecule has 2 aromatic carbocycles. The van der Waals surface area contributed by atoms with Crippen molar-refractivity contribution < 1.29 is 14.3 Å². The smallest absolute Gasteiger partial charge is 0.251 e. The molecule has 0 aliphatic rings. The minimum atomic E-state index is -0.176. The van der Waals surface area contributed by atoms with Gasteiger partial charge >= 0.3 is 0 Å².